The molecule has 0 fully saturated rings. The summed E-state index contributed by atoms with van der Waals surface area (Å²) in [6.45, 7) is 4.63. The zero-order valence-electron chi connectivity index (χ0n) is 20.5. The summed E-state index contributed by atoms with van der Waals surface area (Å²) in [6.07, 6.45) is 3.08. The summed E-state index contributed by atoms with van der Waals surface area (Å²) in [5.74, 6) is -1.40. The van der Waals surface area contributed by atoms with Crippen molar-refractivity contribution in [3.63, 3.8) is 0 Å². The number of benzene rings is 1. The highest BCUT2D eigenvalue weighted by Crippen LogP contribution is 2.15. The molecule has 1 heterocycles. The molecule has 11 nitrogen and oxygen atoms in total. The molecule has 0 atom stereocenters. The van der Waals surface area contributed by atoms with Gasteiger partial charge >= 0.3 is 6.16 Å². The lowest BCUT2D eigenvalue weighted by Crippen LogP contribution is -2.31. The molecule has 0 saturated carbocycles. The van der Waals surface area contributed by atoms with Crippen molar-refractivity contribution >= 4 is 28.0 Å². The van der Waals surface area contributed by atoms with Crippen molar-refractivity contribution in [2.75, 3.05) is 20.3 Å². The third kappa shape index (κ3) is 8.93. The Morgan fingerprint density at radius 3 is 2.14 bits per heavy atom. The molecule has 2 rings (SSSR count). The fourth-order valence-corrected chi connectivity index (χ4v) is 4.09. The topological polar surface area (TPSA) is 150 Å². The summed E-state index contributed by atoms with van der Waals surface area (Å²) in [4.78, 5) is 40.1. The van der Waals surface area contributed by atoms with E-state index < -0.39 is 22.1 Å². The number of hydrogen-bond acceptors (Lipinski definition) is 9. The van der Waals surface area contributed by atoms with Gasteiger partial charge in [-0.1, -0.05) is 26.7 Å². The Morgan fingerprint density at radius 1 is 0.944 bits per heavy atom. The van der Waals surface area contributed by atoms with E-state index in [-0.39, 0.29) is 33.9 Å². The Kier molecular flexibility index (Phi) is 11.3. The average molecular weight is 522 g/mol. The summed E-state index contributed by atoms with van der Waals surface area (Å²) in [5.41, 5.74) is 0.189. The minimum atomic E-state index is -4.21. The van der Waals surface area contributed by atoms with Gasteiger partial charge in [0.15, 0.2) is 0 Å². The Bertz CT molecular complexity index is 1110. The van der Waals surface area contributed by atoms with Crippen LogP contribution in [0.4, 0.5) is 4.79 Å². The number of ether oxygens (including phenoxy) is 3. The van der Waals surface area contributed by atoms with E-state index in [9.17, 15) is 22.8 Å². The molecule has 0 spiro atoms. The largest absolute Gasteiger partial charge is 0.515 e. The molecular formula is C24H31N3O8S. The zero-order valence-corrected chi connectivity index (χ0v) is 21.3. The van der Waals surface area contributed by atoms with E-state index in [1.165, 1.54) is 43.5 Å². The van der Waals surface area contributed by atoms with Crippen molar-refractivity contribution in [3.05, 3.63) is 53.7 Å². The maximum atomic E-state index is 12.6. The van der Waals surface area contributed by atoms with Gasteiger partial charge in [0, 0.05) is 31.5 Å². The van der Waals surface area contributed by atoms with Gasteiger partial charge in [-0.2, -0.15) is 0 Å². The highest BCUT2D eigenvalue weighted by Gasteiger charge is 2.20. The van der Waals surface area contributed by atoms with Crippen LogP contribution in [0.2, 0.25) is 0 Å². The van der Waals surface area contributed by atoms with Gasteiger partial charge in [0.05, 0.1) is 17.1 Å². The van der Waals surface area contributed by atoms with E-state index in [1.807, 2.05) is 18.6 Å². The standard InChI is InChI=1S/C24H31N3O8S/c1-4-6-19(7-5-2)34-24(30)35-21-13-10-18(16-26-21)23(29)27-36(31,32)20-11-8-17(9-12-20)22(28)25-14-15-33-3/h8-13,16,19H,4-7,14-15H2,1-3H3,(H,25,28)(H,27,29). The number of methoxy groups -OCH3 is 1. The molecule has 0 aliphatic carbocycles. The maximum absolute atomic E-state index is 12.6. The van der Waals surface area contributed by atoms with Crippen LogP contribution in [-0.4, -0.2) is 57.7 Å². The lowest BCUT2D eigenvalue weighted by molar-refractivity contribution is 0.0490. The number of sulfonamides is 1. The minimum absolute atomic E-state index is 0.0664. The first-order valence-electron chi connectivity index (χ1n) is 11.5. The number of amides is 2. The van der Waals surface area contributed by atoms with Crippen molar-refractivity contribution in [2.24, 2.45) is 0 Å². The molecule has 0 aliphatic heterocycles. The van der Waals surface area contributed by atoms with E-state index in [2.05, 4.69) is 10.3 Å². The Morgan fingerprint density at radius 2 is 1.58 bits per heavy atom. The molecule has 0 bridgehead atoms. The smallest absolute Gasteiger partial charge is 0.431 e. The first kappa shape index (κ1) is 28.7. The third-order valence-corrected chi connectivity index (χ3v) is 6.26. The Balaban J connectivity index is 1.97. The fraction of sp³-hybridized carbons (Fsp3) is 0.417. The lowest BCUT2D eigenvalue weighted by atomic mass is 10.1. The number of aromatic nitrogens is 1. The fourth-order valence-electron chi connectivity index (χ4n) is 3.12. The minimum Gasteiger partial charge on any atom is -0.431 e. The SMILES string of the molecule is CCCC(CCC)OC(=O)Oc1ccc(C(=O)NS(=O)(=O)c2ccc(C(=O)NCCOC)cc2)cn1. The van der Waals surface area contributed by atoms with Gasteiger partial charge in [0.25, 0.3) is 21.8 Å². The van der Waals surface area contributed by atoms with E-state index in [0.717, 1.165) is 19.0 Å². The molecule has 0 unspecified atom stereocenters. The molecule has 0 saturated heterocycles. The van der Waals surface area contributed by atoms with Crippen molar-refractivity contribution in [1.82, 2.24) is 15.0 Å². The molecule has 1 aromatic heterocycles. The lowest BCUT2D eigenvalue weighted by Gasteiger charge is -2.15. The second kappa shape index (κ2) is 14.1. The Hall–Kier alpha value is -3.51. The van der Waals surface area contributed by atoms with E-state index in [0.29, 0.717) is 26.0 Å². The van der Waals surface area contributed by atoms with Crippen molar-refractivity contribution in [1.29, 1.82) is 0 Å². The monoisotopic (exact) mass is 521 g/mol. The van der Waals surface area contributed by atoms with Crippen LogP contribution in [0.15, 0.2) is 47.5 Å². The number of hydrogen-bond donors (Lipinski definition) is 2. The van der Waals surface area contributed by atoms with E-state index in [4.69, 9.17) is 14.2 Å². The van der Waals surface area contributed by atoms with E-state index in [1.54, 1.807) is 0 Å². The molecule has 196 valence electrons. The summed E-state index contributed by atoms with van der Waals surface area (Å²) in [6, 6.07) is 7.62. The van der Waals surface area contributed by atoms with Crippen molar-refractivity contribution < 1.29 is 37.0 Å². The predicted molar refractivity (Wildman–Crippen MR) is 130 cm³/mol. The summed E-state index contributed by atoms with van der Waals surface area (Å²) in [7, 11) is -2.70. The molecule has 36 heavy (non-hydrogen) atoms. The van der Waals surface area contributed by atoms with Crippen LogP contribution in [0, 0.1) is 0 Å². The van der Waals surface area contributed by atoms with Crippen molar-refractivity contribution in [3.8, 4) is 5.88 Å². The first-order valence-corrected chi connectivity index (χ1v) is 13.0. The van der Waals surface area contributed by atoms with Gasteiger partial charge < -0.3 is 19.5 Å². The van der Waals surface area contributed by atoms with Crippen molar-refractivity contribution in [2.45, 2.75) is 50.5 Å². The predicted octanol–water partition coefficient (Wildman–Crippen LogP) is 3.06. The van der Waals surface area contributed by atoms with Crippen LogP contribution in [-0.2, 0) is 19.5 Å². The molecule has 0 aliphatic rings. The summed E-state index contributed by atoms with van der Waals surface area (Å²) >= 11 is 0. The second-order valence-electron chi connectivity index (χ2n) is 7.76. The number of nitrogens with one attached hydrogen (secondary N) is 2. The first-order chi connectivity index (χ1) is 17.2. The van der Waals surface area contributed by atoms with E-state index >= 15 is 0 Å². The van der Waals surface area contributed by atoms with Gasteiger partial charge in [-0.05, 0) is 43.2 Å². The third-order valence-electron chi connectivity index (χ3n) is 4.92. The average Bonchev–Trinajstić information content (AvgIpc) is 2.84. The quantitative estimate of drug-likeness (QED) is 0.299. The number of carbonyl (C=O) groups excluding carboxylic acids is 3. The van der Waals surface area contributed by atoms with Crippen LogP contribution < -0.4 is 14.8 Å². The molecular weight excluding hydrogens is 490 g/mol. The van der Waals surface area contributed by atoms with Crippen LogP contribution in [0.1, 0.15) is 60.2 Å². The molecule has 2 aromatic rings. The highest BCUT2D eigenvalue weighted by molar-refractivity contribution is 7.90. The number of nitrogens with zero attached hydrogens (tertiary/aromatic N) is 1. The van der Waals surface area contributed by atoms with Crippen LogP contribution >= 0.6 is 0 Å². The number of carbonyl (C=O) groups is 3. The molecule has 0 radical (unpaired) electrons. The normalized spacial score (nSPS) is 11.1. The molecule has 2 N–H and O–H groups in total. The van der Waals surface area contributed by atoms with Gasteiger partial charge in [-0.15, -0.1) is 0 Å². The van der Waals surface area contributed by atoms with Gasteiger partial charge in [0.2, 0.25) is 5.88 Å². The molecule has 2 amide bonds. The van der Waals surface area contributed by atoms with Gasteiger partial charge in [-0.25, -0.2) is 22.9 Å². The molecule has 1 aromatic carbocycles. The maximum Gasteiger partial charge on any atom is 0.515 e. The number of rotatable bonds is 13. The highest BCUT2D eigenvalue weighted by atomic mass is 32.2. The van der Waals surface area contributed by atoms with Crippen LogP contribution in [0.3, 0.4) is 0 Å². The van der Waals surface area contributed by atoms with Gasteiger partial charge in [0.1, 0.15) is 6.10 Å². The summed E-state index contributed by atoms with van der Waals surface area (Å²) in [5, 5.41) is 2.62. The number of pyridine rings is 1. The zero-order chi connectivity index (χ0) is 26.6. The second-order valence-corrected chi connectivity index (χ2v) is 9.44. The van der Waals surface area contributed by atoms with Crippen LogP contribution in [0.25, 0.3) is 0 Å². The molecule has 12 heteroatoms. The van der Waals surface area contributed by atoms with Gasteiger partial charge in [-0.3, -0.25) is 9.59 Å². The van der Waals surface area contributed by atoms with Crippen LogP contribution in [0.5, 0.6) is 5.88 Å². The summed E-state index contributed by atoms with van der Waals surface area (Å²) < 4.78 is 42.3. The Labute approximate surface area is 210 Å².